The van der Waals surface area contributed by atoms with E-state index >= 15 is 0 Å². The molecule has 0 heterocycles. The molecular formula is C20H27NO. The van der Waals surface area contributed by atoms with E-state index in [-0.39, 0.29) is 6.10 Å². The number of hydrogen-bond acceptors (Lipinski definition) is 2. The molecule has 2 rings (SSSR count). The van der Waals surface area contributed by atoms with E-state index in [0.717, 1.165) is 25.9 Å². The molecule has 22 heavy (non-hydrogen) atoms. The van der Waals surface area contributed by atoms with Gasteiger partial charge >= 0.3 is 0 Å². The van der Waals surface area contributed by atoms with Crippen LogP contribution in [0.5, 0.6) is 0 Å². The van der Waals surface area contributed by atoms with Gasteiger partial charge in [0.05, 0.1) is 6.10 Å². The minimum absolute atomic E-state index is 0.220. The standard InChI is InChI=1S/C20H27NO/c1-17(2)15-20(22)13-14-21(19-11-7-4-8-12-19)16-18-9-5-3-6-10-18/h3-12,17,20,22H,13-16H2,1-2H3. The Hall–Kier alpha value is -1.80. The normalized spacial score (nSPS) is 12.4. The van der Waals surface area contributed by atoms with Crippen LogP contribution in [0.1, 0.15) is 32.3 Å². The third kappa shape index (κ3) is 5.53. The summed E-state index contributed by atoms with van der Waals surface area (Å²) >= 11 is 0. The Morgan fingerprint density at radius 1 is 0.909 bits per heavy atom. The highest BCUT2D eigenvalue weighted by molar-refractivity contribution is 5.46. The molecule has 0 fully saturated rings. The van der Waals surface area contributed by atoms with Gasteiger partial charge in [-0.25, -0.2) is 0 Å². The Kier molecular flexibility index (Phi) is 6.47. The maximum Gasteiger partial charge on any atom is 0.0559 e. The second-order valence-electron chi connectivity index (χ2n) is 6.31. The SMILES string of the molecule is CC(C)CC(O)CCN(Cc1ccccc1)c1ccccc1. The van der Waals surface area contributed by atoms with Crippen molar-refractivity contribution in [1.82, 2.24) is 0 Å². The van der Waals surface area contributed by atoms with Crippen molar-refractivity contribution in [3.63, 3.8) is 0 Å². The fraction of sp³-hybridized carbons (Fsp3) is 0.400. The Bertz CT molecular complexity index is 524. The van der Waals surface area contributed by atoms with Gasteiger partial charge in [0.25, 0.3) is 0 Å². The summed E-state index contributed by atoms with van der Waals surface area (Å²) in [5.74, 6) is 0.536. The fourth-order valence-corrected chi connectivity index (χ4v) is 2.71. The van der Waals surface area contributed by atoms with Crippen LogP contribution in [-0.4, -0.2) is 17.8 Å². The van der Waals surface area contributed by atoms with Crippen LogP contribution in [0.4, 0.5) is 5.69 Å². The monoisotopic (exact) mass is 297 g/mol. The highest BCUT2D eigenvalue weighted by atomic mass is 16.3. The van der Waals surface area contributed by atoms with E-state index < -0.39 is 0 Å². The maximum absolute atomic E-state index is 10.2. The molecule has 0 radical (unpaired) electrons. The maximum atomic E-state index is 10.2. The smallest absolute Gasteiger partial charge is 0.0559 e. The van der Waals surface area contributed by atoms with Crippen molar-refractivity contribution in [2.24, 2.45) is 5.92 Å². The first-order valence-electron chi connectivity index (χ1n) is 8.17. The van der Waals surface area contributed by atoms with Crippen molar-refractivity contribution >= 4 is 5.69 Å². The second-order valence-corrected chi connectivity index (χ2v) is 6.31. The topological polar surface area (TPSA) is 23.5 Å². The third-order valence-corrected chi connectivity index (χ3v) is 3.81. The molecule has 0 saturated heterocycles. The van der Waals surface area contributed by atoms with Crippen LogP contribution in [0.15, 0.2) is 60.7 Å². The van der Waals surface area contributed by atoms with Crippen molar-refractivity contribution in [2.45, 2.75) is 39.3 Å². The number of anilines is 1. The predicted molar refractivity (Wildman–Crippen MR) is 94.0 cm³/mol. The van der Waals surface area contributed by atoms with Crippen LogP contribution in [-0.2, 0) is 6.54 Å². The van der Waals surface area contributed by atoms with Crippen LogP contribution in [0.25, 0.3) is 0 Å². The number of aliphatic hydroxyl groups is 1. The van der Waals surface area contributed by atoms with E-state index in [1.807, 2.05) is 12.1 Å². The molecule has 0 aromatic heterocycles. The van der Waals surface area contributed by atoms with Gasteiger partial charge in [0.2, 0.25) is 0 Å². The lowest BCUT2D eigenvalue weighted by Gasteiger charge is -2.26. The summed E-state index contributed by atoms with van der Waals surface area (Å²) in [5.41, 5.74) is 2.51. The van der Waals surface area contributed by atoms with Gasteiger partial charge in [-0.2, -0.15) is 0 Å². The van der Waals surface area contributed by atoms with E-state index in [9.17, 15) is 5.11 Å². The van der Waals surface area contributed by atoms with E-state index in [4.69, 9.17) is 0 Å². The Labute approximate surface area is 134 Å². The zero-order valence-corrected chi connectivity index (χ0v) is 13.7. The molecule has 2 aromatic carbocycles. The number of aliphatic hydroxyl groups excluding tert-OH is 1. The molecule has 2 aromatic rings. The lowest BCUT2D eigenvalue weighted by atomic mass is 10.0. The third-order valence-electron chi connectivity index (χ3n) is 3.81. The van der Waals surface area contributed by atoms with Crippen molar-refractivity contribution in [3.8, 4) is 0 Å². The van der Waals surface area contributed by atoms with Gasteiger partial charge < -0.3 is 10.0 Å². The van der Waals surface area contributed by atoms with Crippen LogP contribution in [0.2, 0.25) is 0 Å². The average molecular weight is 297 g/mol. The number of benzene rings is 2. The largest absolute Gasteiger partial charge is 0.393 e. The molecule has 0 bridgehead atoms. The van der Waals surface area contributed by atoms with Crippen LogP contribution in [0.3, 0.4) is 0 Å². The minimum Gasteiger partial charge on any atom is -0.393 e. The summed E-state index contributed by atoms with van der Waals surface area (Å²) in [6.45, 7) is 6.05. The molecule has 1 atom stereocenters. The summed E-state index contributed by atoms with van der Waals surface area (Å²) in [7, 11) is 0. The second kappa shape index (κ2) is 8.60. The summed E-state index contributed by atoms with van der Waals surface area (Å²) in [5, 5.41) is 10.2. The Morgan fingerprint density at radius 3 is 2.09 bits per heavy atom. The molecule has 0 aliphatic rings. The lowest BCUT2D eigenvalue weighted by Crippen LogP contribution is -2.27. The minimum atomic E-state index is -0.220. The number of nitrogens with zero attached hydrogens (tertiary/aromatic N) is 1. The zero-order chi connectivity index (χ0) is 15.8. The molecule has 1 N–H and O–H groups in total. The first-order chi connectivity index (χ1) is 10.6. The quantitative estimate of drug-likeness (QED) is 0.776. The zero-order valence-electron chi connectivity index (χ0n) is 13.7. The molecule has 0 aliphatic heterocycles. The molecule has 2 nitrogen and oxygen atoms in total. The predicted octanol–water partition coefficient (Wildman–Crippen LogP) is 4.49. The Morgan fingerprint density at radius 2 is 1.50 bits per heavy atom. The van der Waals surface area contributed by atoms with E-state index in [0.29, 0.717) is 5.92 Å². The van der Waals surface area contributed by atoms with Crippen LogP contribution in [0, 0.1) is 5.92 Å². The first kappa shape index (κ1) is 16.6. The number of rotatable bonds is 8. The molecule has 0 aliphatic carbocycles. The fourth-order valence-electron chi connectivity index (χ4n) is 2.71. The van der Waals surface area contributed by atoms with Gasteiger partial charge in [-0.15, -0.1) is 0 Å². The van der Waals surface area contributed by atoms with Gasteiger partial charge in [0.1, 0.15) is 0 Å². The molecular weight excluding hydrogens is 270 g/mol. The Balaban J connectivity index is 2.02. The molecule has 2 heteroatoms. The average Bonchev–Trinajstić information content (AvgIpc) is 2.52. The lowest BCUT2D eigenvalue weighted by molar-refractivity contribution is 0.141. The van der Waals surface area contributed by atoms with Gasteiger partial charge in [-0.05, 0) is 36.5 Å². The number of para-hydroxylation sites is 1. The summed E-state index contributed by atoms with van der Waals surface area (Å²) < 4.78 is 0. The van der Waals surface area contributed by atoms with Crippen LogP contribution < -0.4 is 4.90 Å². The van der Waals surface area contributed by atoms with E-state index in [1.54, 1.807) is 0 Å². The van der Waals surface area contributed by atoms with E-state index in [2.05, 4.69) is 67.3 Å². The molecule has 0 spiro atoms. The van der Waals surface area contributed by atoms with Gasteiger partial charge in [-0.3, -0.25) is 0 Å². The molecule has 0 saturated carbocycles. The summed E-state index contributed by atoms with van der Waals surface area (Å²) in [6, 6.07) is 20.9. The van der Waals surface area contributed by atoms with E-state index in [1.165, 1.54) is 11.3 Å². The summed E-state index contributed by atoms with van der Waals surface area (Å²) in [4.78, 5) is 2.35. The van der Waals surface area contributed by atoms with Crippen molar-refractivity contribution in [2.75, 3.05) is 11.4 Å². The van der Waals surface area contributed by atoms with Crippen molar-refractivity contribution < 1.29 is 5.11 Å². The van der Waals surface area contributed by atoms with Crippen molar-refractivity contribution in [1.29, 1.82) is 0 Å². The first-order valence-corrected chi connectivity index (χ1v) is 8.17. The molecule has 118 valence electrons. The highest BCUT2D eigenvalue weighted by Crippen LogP contribution is 2.18. The van der Waals surface area contributed by atoms with Crippen LogP contribution >= 0.6 is 0 Å². The van der Waals surface area contributed by atoms with Crippen molar-refractivity contribution in [3.05, 3.63) is 66.2 Å². The van der Waals surface area contributed by atoms with Gasteiger partial charge in [-0.1, -0.05) is 62.4 Å². The molecule has 1 unspecified atom stereocenters. The summed E-state index contributed by atoms with van der Waals surface area (Å²) in [6.07, 6.45) is 1.45. The van der Waals surface area contributed by atoms with Gasteiger partial charge in [0.15, 0.2) is 0 Å². The van der Waals surface area contributed by atoms with Gasteiger partial charge in [0, 0.05) is 18.8 Å². The highest BCUT2D eigenvalue weighted by Gasteiger charge is 2.12. The number of hydrogen-bond donors (Lipinski definition) is 1. The molecule has 0 amide bonds.